The highest BCUT2D eigenvalue weighted by atomic mass is 16.6. The van der Waals surface area contributed by atoms with Crippen LogP contribution >= 0.6 is 0 Å². The molecule has 1 aromatic heterocycles. The Hall–Kier alpha value is -8.43. The molecular weight excluding hydrogens is 1540 g/mol. The third-order valence-corrected chi connectivity index (χ3v) is 19.6. The van der Waals surface area contributed by atoms with Crippen LogP contribution < -0.4 is 4.57 Å². The number of carbonyl (C=O) groups is 8. The van der Waals surface area contributed by atoms with Crippen molar-refractivity contribution in [2.45, 2.75) is 206 Å². The first-order chi connectivity index (χ1) is 55.2. The van der Waals surface area contributed by atoms with Crippen LogP contribution in [-0.4, -0.2) is 209 Å². The molecule has 4 aromatic carbocycles. The van der Waals surface area contributed by atoms with Gasteiger partial charge in [-0.2, -0.15) is 0 Å². The molecule has 0 N–H and O–H groups in total. The highest BCUT2D eigenvalue weighted by Crippen LogP contribution is 2.27. The van der Waals surface area contributed by atoms with E-state index in [-0.39, 0.29) is 109 Å². The summed E-state index contributed by atoms with van der Waals surface area (Å²) in [6, 6.07) is 32.5. The number of hydrogen-bond donors (Lipinski definition) is 0. The van der Waals surface area contributed by atoms with Crippen LogP contribution in [0.4, 0.5) is 0 Å². The van der Waals surface area contributed by atoms with Crippen molar-refractivity contribution in [3.8, 4) is 0 Å². The Kier molecular flexibility index (Phi) is 58.8. The van der Waals surface area contributed by atoms with E-state index in [9.17, 15) is 38.4 Å². The van der Waals surface area contributed by atoms with Crippen LogP contribution in [0.1, 0.15) is 198 Å². The highest BCUT2D eigenvalue weighted by Gasteiger charge is 2.40. The molecule has 0 aliphatic carbocycles. The van der Waals surface area contributed by atoms with Gasteiger partial charge >= 0.3 is 47.8 Å². The van der Waals surface area contributed by atoms with Crippen molar-refractivity contribution in [3.63, 3.8) is 0 Å². The smallest absolute Gasteiger partial charge is 0.317 e. The van der Waals surface area contributed by atoms with Crippen LogP contribution in [-0.2, 0) is 155 Å². The topological polar surface area (TPSA) is 256 Å². The summed E-state index contributed by atoms with van der Waals surface area (Å²) in [5, 5.41) is 0. The summed E-state index contributed by atoms with van der Waals surface area (Å²) in [6.07, 6.45) is 21.4. The maximum absolute atomic E-state index is 12.6. The molecule has 0 aliphatic heterocycles. The Bertz CT molecular complexity index is 3690. The zero-order valence-corrected chi connectivity index (χ0v) is 79.3. The van der Waals surface area contributed by atoms with Crippen LogP contribution in [0.5, 0.6) is 0 Å². The fourth-order valence-electron chi connectivity index (χ4n) is 12.6. The van der Waals surface area contributed by atoms with E-state index in [4.69, 9.17) is 56.8 Å². The molecule has 688 valence electrons. The Labute approximate surface area is 729 Å². The van der Waals surface area contributed by atoms with E-state index in [0.717, 1.165) is 74.0 Å². The Balaban J connectivity index is -0.00000152. The molecule has 0 fully saturated rings. The van der Waals surface area contributed by atoms with E-state index in [1.807, 2.05) is 91.0 Å². The standard InChI is InChI=1S/C26H44NO5.C24H40NO5.C22H36NO5.C20H27N2O5.4CH3/c1-7-8-9-10-11-12-17-27(4,5)18-23-13-15-24(16-14-23)19-31-25(29)26(3,20-30-6)21-32-22(2)28;1-7-8-9-10-15-25(4,5)16-21-11-13-22(14-12-21)17-29-23(27)24(3,18-28-6)19-30-20(2)26;1-7-8-13-23(4,5)14-19-9-11-20(12-10-19)15-27-21(25)22(3,16-26-6)17-28-18(2)24;1-16(23)27-14-20(2,13-25-4)19(24)26-12-18-7-5-17(6-8-18)11-22-10-9-21(3)15-22;;;;/h13-16H,7-12,17-21H2,1-6H3;11-14H,7-10,15-19H2,1-6H3;9-12H,7-8,13-17H2,1-6H3;5-10,15H,11-14H2,1-4H3;4*1H3/q4*+1;4*-1. The van der Waals surface area contributed by atoms with Crippen LogP contribution in [0.25, 0.3) is 0 Å². The van der Waals surface area contributed by atoms with Gasteiger partial charge in [0.05, 0.1) is 95.4 Å². The van der Waals surface area contributed by atoms with Gasteiger partial charge in [-0.1, -0.05) is 163 Å². The molecule has 4 unspecified atom stereocenters. The quantitative estimate of drug-likeness (QED) is 0.00875. The largest absolute Gasteiger partial charge is 0.465 e. The SMILES string of the molecule is CCCCCCCC[N+](C)(C)Cc1ccc(COC(=O)C(C)(COC)COC(C)=O)cc1.CCCCCC[N+](C)(C)Cc1ccc(COC(=O)C(C)(COC)COC(C)=O)cc1.CCCC[N+](C)(C)Cc1ccc(COC(=O)C(C)(COC)COC(C)=O)cc1.COCC(C)(COC(C)=O)C(=O)OCc1ccc(Cn2cc[n+](C)c2)cc1.[CH3-].[CH3-].[CH3-].[CH3-]. The number of benzene rings is 4. The number of unbranched alkanes of at least 4 members (excludes halogenated alkanes) is 9. The normalized spacial score (nSPS) is 13.0. The lowest BCUT2D eigenvalue weighted by atomic mass is 9.93. The minimum Gasteiger partial charge on any atom is -0.465 e. The molecule has 0 saturated heterocycles. The number of hydrogen-bond acceptors (Lipinski definition) is 20. The zero-order chi connectivity index (χ0) is 87.7. The molecule has 5 aromatic rings. The first-order valence-corrected chi connectivity index (χ1v) is 41.1. The fraction of sp³-hybridized carbons (Fsp3) is 0.594. The molecule has 0 radical (unpaired) electrons. The number of aryl methyl sites for hydroxylation is 1. The van der Waals surface area contributed by atoms with E-state index >= 15 is 0 Å². The second-order valence-electron chi connectivity index (χ2n) is 34.1. The second-order valence-corrected chi connectivity index (χ2v) is 34.1. The number of imidazole rings is 1. The highest BCUT2D eigenvalue weighted by molar-refractivity contribution is 5.79. The van der Waals surface area contributed by atoms with E-state index in [1.54, 1.807) is 27.7 Å². The van der Waals surface area contributed by atoms with Gasteiger partial charge in [0.1, 0.15) is 113 Å². The lowest BCUT2D eigenvalue weighted by molar-refractivity contribution is -0.903. The van der Waals surface area contributed by atoms with Gasteiger partial charge in [0.2, 0.25) is 6.33 Å². The molecule has 1 heterocycles. The van der Waals surface area contributed by atoms with Gasteiger partial charge in [0, 0.05) is 72.8 Å². The summed E-state index contributed by atoms with van der Waals surface area (Å²) in [5.41, 5.74) is 4.49. The van der Waals surface area contributed by atoms with Gasteiger partial charge in [-0.25, -0.2) is 9.13 Å². The molecule has 121 heavy (non-hydrogen) atoms. The Morgan fingerprint density at radius 3 is 0.777 bits per heavy atom. The number of ether oxygens (including phenoxy) is 12. The van der Waals surface area contributed by atoms with Crippen molar-refractivity contribution in [3.05, 3.63) is 190 Å². The summed E-state index contributed by atoms with van der Waals surface area (Å²) >= 11 is 0. The maximum atomic E-state index is 12.6. The predicted octanol–water partition coefficient (Wildman–Crippen LogP) is 15.7. The van der Waals surface area contributed by atoms with Gasteiger partial charge in [0.15, 0.2) is 0 Å². The lowest BCUT2D eigenvalue weighted by Gasteiger charge is -2.30. The minimum absolute atomic E-state index is 0. The second kappa shape index (κ2) is 61.0. The Morgan fingerprint density at radius 1 is 0.322 bits per heavy atom. The molecule has 4 atom stereocenters. The molecule has 0 amide bonds. The van der Waals surface area contributed by atoms with Crippen molar-refractivity contribution < 1.29 is 113 Å². The van der Waals surface area contributed by atoms with Gasteiger partial charge in [-0.05, 0) is 87.6 Å². The summed E-state index contributed by atoms with van der Waals surface area (Å²) in [7, 11) is 21.5. The Morgan fingerprint density at radius 2 is 0.545 bits per heavy atom. The summed E-state index contributed by atoms with van der Waals surface area (Å²) < 4.78 is 69.3. The molecule has 0 bridgehead atoms. The number of methoxy groups -OCH3 is 4. The molecule has 0 spiro atoms. The zero-order valence-electron chi connectivity index (χ0n) is 79.3. The summed E-state index contributed by atoms with van der Waals surface area (Å²) in [4.78, 5) is 94.4. The van der Waals surface area contributed by atoms with Crippen LogP contribution in [0.15, 0.2) is 116 Å². The van der Waals surface area contributed by atoms with E-state index < -0.39 is 69.4 Å². The van der Waals surface area contributed by atoms with E-state index in [2.05, 4.69) is 104 Å². The number of rotatable bonds is 51. The minimum atomic E-state index is -1.04. The first-order valence-electron chi connectivity index (χ1n) is 41.1. The molecular formula is C96H159N5O20. The van der Waals surface area contributed by atoms with E-state index in [1.165, 1.54) is 163 Å². The van der Waals surface area contributed by atoms with Crippen LogP contribution in [0, 0.1) is 51.4 Å². The number of nitrogens with zero attached hydrogens (tertiary/aromatic N) is 5. The monoisotopic (exact) mass is 1700 g/mol. The van der Waals surface area contributed by atoms with Crippen molar-refractivity contribution in [2.24, 2.45) is 28.7 Å². The molecule has 0 aliphatic rings. The first kappa shape index (κ1) is 117. The average molecular weight is 1700 g/mol. The summed E-state index contributed by atoms with van der Waals surface area (Å²) in [6.45, 7) is 26.6. The average Bonchev–Trinajstić information content (AvgIpc) is 1.33. The van der Waals surface area contributed by atoms with Crippen molar-refractivity contribution >= 4 is 47.8 Å². The van der Waals surface area contributed by atoms with Crippen LogP contribution in [0.3, 0.4) is 0 Å². The number of quaternary nitrogens is 3. The molecule has 25 heteroatoms. The van der Waals surface area contributed by atoms with Crippen LogP contribution in [0.2, 0.25) is 0 Å². The summed E-state index contributed by atoms with van der Waals surface area (Å²) in [5.74, 6) is -3.56. The van der Waals surface area contributed by atoms with E-state index in [0.29, 0.717) is 0 Å². The molecule has 5 rings (SSSR count). The van der Waals surface area contributed by atoms with Crippen molar-refractivity contribution in [1.29, 1.82) is 0 Å². The molecule has 25 nitrogen and oxygen atoms in total. The maximum Gasteiger partial charge on any atom is 0.317 e. The van der Waals surface area contributed by atoms with Crippen molar-refractivity contribution in [2.75, 3.05) is 143 Å². The third kappa shape index (κ3) is 49.5. The van der Waals surface area contributed by atoms with Gasteiger partial charge < -0.3 is 100.0 Å². The van der Waals surface area contributed by atoms with Gasteiger partial charge in [0.25, 0.3) is 0 Å². The lowest BCUT2D eigenvalue weighted by Crippen LogP contribution is -2.39. The predicted molar refractivity (Wildman–Crippen MR) is 476 cm³/mol. The van der Waals surface area contributed by atoms with Gasteiger partial charge in [-0.15, -0.1) is 0 Å². The van der Waals surface area contributed by atoms with Gasteiger partial charge in [-0.3, -0.25) is 38.4 Å². The third-order valence-electron chi connectivity index (χ3n) is 19.6. The van der Waals surface area contributed by atoms with Crippen molar-refractivity contribution in [1.82, 2.24) is 4.57 Å². The molecule has 0 saturated carbocycles. The number of aromatic nitrogens is 2. The number of esters is 8. The fourth-order valence-corrected chi connectivity index (χ4v) is 12.6. The number of carbonyl (C=O) groups excluding carboxylic acids is 8.